The van der Waals surface area contributed by atoms with Gasteiger partial charge in [-0.15, -0.1) is 0 Å². The van der Waals surface area contributed by atoms with E-state index in [2.05, 4.69) is 5.32 Å². The van der Waals surface area contributed by atoms with Crippen LogP contribution in [-0.4, -0.2) is 11.9 Å². The maximum atomic E-state index is 13.2. The molecule has 20 heavy (non-hydrogen) atoms. The van der Waals surface area contributed by atoms with Crippen LogP contribution < -0.4 is 11.1 Å². The highest BCUT2D eigenvalue weighted by Gasteiger charge is 2.35. The number of hydrogen-bond acceptors (Lipinski definition) is 2. The van der Waals surface area contributed by atoms with Crippen LogP contribution in [0.2, 0.25) is 0 Å². The van der Waals surface area contributed by atoms with Gasteiger partial charge in [-0.3, -0.25) is 10.1 Å². The van der Waals surface area contributed by atoms with Gasteiger partial charge in [-0.2, -0.15) is 13.2 Å². The minimum Gasteiger partial charge on any atom is -0.368 e. The van der Waals surface area contributed by atoms with Crippen molar-refractivity contribution in [2.75, 3.05) is 0 Å². The van der Waals surface area contributed by atoms with Crippen LogP contribution in [0, 0.1) is 5.82 Å². The molecule has 3 nitrogen and oxygen atoms in total. The van der Waals surface area contributed by atoms with Gasteiger partial charge in [0.1, 0.15) is 11.9 Å². The first-order valence-electron chi connectivity index (χ1n) is 6.08. The van der Waals surface area contributed by atoms with Gasteiger partial charge in [0.05, 0.1) is 5.56 Å². The zero-order chi connectivity index (χ0) is 15.5. The topological polar surface area (TPSA) is 55.1 Å². The van der Waals surface area contributed by atoms with Crippen LogP contribution in [0.5, 0.6) is 0 Å². The average Bonchev–Trinajstić information content (AvgIpc) is 2.34. The number of rotatable bonds is 5. The van der Waals surface area contributed by atoms with Crippen LogP contribution in [0.15, 0.2) is 18.2 Å². The fourth-order valence-electron chi connectivity index (χ4n) is 1.68. The van der Waals surface area contributed by atoms with Crippen LogP contribution in [-0.2, 0) is 11.0 Å². The Hall–Kier alpha value is -1.63. The van der Waals surface area contributed by atoms with Gasteiger partial charge in [0.15, 0.2) is 0 Å². The Kier molecular flexibility index (Phi) is 5.10. The van der Waals surface area contributed by atoms with E-state index in [0.717, 1.165) is 6.07 Å². The third kappa shape index (κ3) is 3.93. The summed E-state index contributed by atoms with van der Waals surface area (Å²) in [5, 5.41) is 2.82. The van der Waals surface area contributed by atoms with Gasteiger partial charge in [0.25, 0.3) is 0 Å². The van der Waals surface area contributed by atoms with Gasteiger partial charge < -0.3 is 5.73 Å². The SMILES string of the molecule is CCC(C)NC(C(N)=O)c1ccc(F)c(C(F)(F)F)c1. The molecule has 0 spiro atoms. The number of carbonyl (C=O) groups excluding carboxylic acids is 1. The second-order valence-corrected chi connectivity index (χ2v) is 4.55. The molecule has 0 saturated heterocycles. The molecule has 3 N–H and O–H groups in total. The second kappa shape index (κ2) is 6.21. The van der Waals surface area contributed by atoms with Gasteiger partial charge >= 0.3 is 6.18 Å². The Balaban J connectivity index is 3.19. The van der Waals surface area contributed by atoms with Crippen molar-refractivity contribution in [1.29, 1.82) is 0 Å². The van der Waals surface area contributed by atoms with Gasteiger partial charge in [0, 0.05) is 6.04 Å². The molecule has 1 aromatic rings. The number of primary amides is 1. The molecule has 0 aliphatic carbocycles. The van der Waals surface area contributed by atoms with E-state index in [1.54, 1.807) is 6.92 Å². The number of nitrogens with two attached hydrogens (primary N) is 1. The maximum Gasteiger partial charge on any atom is 0.419 e. The van der Waals surface area contributed by atoms with Gasteiger partial charge in [-0.25, -0.2) is 4.39 Å². The summed E-state index contributed by atoms with van der Waals surface area (Å²) in [6.07, 6.45) is -4.16. The van der Waals surface area contributed by atoms with Crippen LogP contribution in [0.1, 0.15) is 37.4 Å². The number of alkyl halides is 3. The third-order valence-corrected chi connectivity index (χ3v) is 2.98. The van der Waals surface area contributed by atoms with E-state index in [1.165, 1.54) is 0 Å². The van der Waals surface area contributed by atoms with Crippen molar-refractivity contribution in [1.82, 2.24) is 5.32 Å². The Morgan fingerprint density at radius 2 is 2.00 bits per heavy atom. The van der Waals surface area contributed by atoms with E-state index in [9.17, 15) is 22.4 Å². The lowest BCUT2D eigenvalue weighted by atomic mass is 10.0. The molecule has 2 unspecified atom stereocenters. The first-order chi connectivity index (χ1) is 9.16. The van der Waals surface area contributed by atoms with E-state index in [1.807, 2.05) is 6.92 Å². The van der Waals surface area contributed by atoms with Gasteiger partial charge in [0.2, 0.25) is 5.91 Å². The molecule has 0 aliphatic heterocycles. The molecule has 1 amide bonds. The fourth-order valence-corrected chi connectivity index (χ4v) is 1.68. The molecule has 0 radical (unpaired) electrons. The van der Waals surface area contributed by atoms with Crippen molar-refractivity contribution in [3.05, 3.63) is 35.1 Å². The normalized spacial score (nSPS) is 14.9. The first kappa shape index (κ1) is 16.4. The molecule has 0 heterocycles. The summed E-state index contributed by atoms with van der Waals surface area (Å²) in [5.41, 5.74) is 3.77. The van der Waals surface area contributed by atoms with Crippen molar-refractivity contribution in [3.63, 3.8) is 0 Å². The summed E-state index contributed by atoms with van der Waals surface area (Å²) in [6, 6.07) is 1.21. The molecule has 0 aliphatic rings. The number of amides is 1. The first-order valence-corrected chi connectivity index (χ1v) is 6.08. The molecule has 7 heteroatoms. The monoisotopic (exact) mass is 292 g/mol. The summed E-state index contributed by atoms with van der Waals surface area (Å²) < 4.78 is 51.1. The summed E-state index contributed by atoms with van der Waals surface area (Å²) in [6.45, 7) is 3.62. The van der Waals surface area contributed by atoms with Crippen molar-refractivity contribution in [2.45, 2.75) is 38.5 Å². The summed E-state index contributed by atoms with van der Waals surface area (Å²) in [7, 11) is 0. The summed E-state index contributed by atoms with van der Waals surface area (Å²) >= 11 is 0. The predicted molar refractivity (Wildman–Crippen MR) is 66.2 cm³/mol. The minimum atomic E-state index is -4.82. The smallest absolute Gasteiger partial charge is 0.368 e. The van der Waals surface area contributed by atoms with E-state index < -0.39 is 29.5 Å². The molecule has 0 saturated carbocycles. The van der Waals surface area contributed by atoms with Crippen molar-refractivity contribution >= 4 is 5.91 Å². The van der Waals surface area contributed by atoms with E-state index >= 15 is 0 Å². The highest BCUT2D eigenvalue weighted by Crippen LogP contribution is 2.33. The zero-order valence-electron chi connectivity index (χ0n) is 11.1. The predicted octanol–water partition coefficient (Wildman–Crippen LogP) is 2.76. The minimum absolute atomic E-state index is 0.00785. The molecular weight excluding hydrogens is 276 g/mol. The highest BCUT2D eigenvalue weighted by atomic mass is 19.4. The van der Waals surface area contributed by atoms with Crippen LogP contribution in [0.3, 0.4) is 0 Å². The molecule has 1 aromatic carbocycles. The number of nitrogens with one attached hydrogen (secondary N) is 1. The van der Waals surface area contributed by atoms with Crippen LogP contribution >= 0.6 is 0 Å². The van der Waals surface area contributed by atoms with Crippen LogP contribution in [0.25, 0.3) is 0 Å². The molecule has 0 aromatic heterocycles. The van der Waals surface area contributed by atoms with Crippen molar-refractivity contribution < 1.29 is 22.4 Å². The maximum absolute atomic E-state index is 13.2. The average molecular weight is 292 g/mol. The lowest BCUT2D eigenvalue weighted by molar-refractivity contribution is -0.140. The largest absolute Gasteiger partial charge is 0.419 e. The third-order valence-electron chi connectivity index (χ3n) is 2.98. The highest BCUT2D eigenvalue weighted by molar-refractivity contribution is 5.81. The van der Waals surface area contributed by atoms with Crippen molar-refractivity contribution in [3.8, 4) is 0 Å². The Labute approximate surface area is 114 Å². The number of benzene rings is 1. The molecule has 0 bridgehead atoms. The molecule has 0 fully saturated rings. The van der Waals surface area contributed by atoms with Crippen LogP contribution in [0.4, 0.5) is 17.6 Å². The molecule has 112 valence electrons. The molecule has 1 rings (SSSR count). The lowest BCUT2D eigenvalue weighted by Gasteiger charge is -2.21. The number of hydrogen-bond donors (Lipinski definition) is 2. The van der Waals surface area contributed by atoms with Gasteiger partial charge in [-0.1, -0.05) is 13.0 Å². The fraction of sp³-hybridized carbons (Fsp3) is 0.462. The molecular formula is C13H16F4N2O. The summed E-state index contributed by atoms with van der Waals surface area (Å²) in [4.78, 5) is 11.4. The number of halogens is 4. The van der Waals surface area contributed by atoms with E-state index in [-0.39, 0.29) is 11.6 Å². The van der Waals surface area contributed by atoms with E-state index in [4.69, 9.17) is 5.73 Å². The lowest BCUT2D eigenvalue weighted by Crippen LogP contribution is -2.38. The van der Waals surface area contributed by atoms with E-state index in [0.29, 0.717) is 18.6 Å². The Morgan fingerprint density at radius 1 is 1.40 bits per heavy atom. The quantitative estimate of drug-likeness (QED) is 0.820. The second-order valence-electron chi connectivity index (χ2n) is 4.55. The zero-order valence-corrected chi connectivity index (χ0v) is 11.1. The molecule has 2 atom stereocenters. The Morgan fingerprint density at radius 3 is 2.45 bits per heavy atom. The Bertz CT molecular complexity index is 488. The number of carbonyl (C=O) groups is 1. The van der Waals surface area contributed by atoms with Crippen molar-refractivity contribution in [2.24, 2.45) is 5.73 Å². The van der Waals surface area contributed by atoms with Gasteiger partial charge in [-0.05, 0) is 31.0 Å². The standard InChI is InChI=1S/C13H16F4N2O/c1-3-7(2)19-11(12(18)20)8-4-5-10(14)9(6-8)13(15,16)17/h4-7,11,19H,3H2,1-2H3,(H2,18,20). The summed E-state index contributed by atoms with van der Waals surface area (Å²) in [5.74, 6) is -2.20.